The van der Waals surface area contributed by atoms with E-state index in [-0.39, 0.29) is 12.5 Å². The van der Waals surface area contributed by atoms with E-state index in [2.05, 4.69) is 5.32 Å². The molecule has 2 rings (SSSR count). The Kier molecular flexibility index (Phi) is 6.38. The molecule has 1 amide bonds. The van der Waals surface area contributed by atoms with Crippen LogP contribution < -0.4 is 15.7 Å². The lowest BCUT2D eigenvalue weighted by atomic mass is 10.0. The zero-order valence-electron chi connectivity index (χ0n) is 15.1. The molecule has 140 valence electrons. The molecule has 2 N–H and O–H groups in total. The van der Waals surface area contributed by atoms with Gasteiger partial charge in [-0.3, -0.25) is 4.79 Å². The van der Waals surface area contributed by atoms with Crippen LogP contribution in [0, 0.1) is 5.92 Å². The number of hydrogen-bond donors (Lipinski definition) is 2. The monoisotopic (exact) mass is 361 g/mol. The molecule has 2 aromatic rings. The first-order chi connectivity index (χ1) is 12.3. The van der Waals surface area contributed by atoms with Crippen molar-refractivity contribution in [3.05, 3.63) is 40.2 Å². The van der Waals surface area contributed by atoms with Gasteiger partial charge in [-0.2, -0.15) is 0 Å². The summed E-state index contributed by atoms with van der Waals surface area (Å²) >= 11 is 0. The molecule has 1 unspecified atom stereocenters. The number of carboxylic acid groups (broad SMARTS) is 1. The van der Waals surface area contributed by atoms with E-state index in [1.165, 1.54) is 6.07 Å². The van der Waals surface area contributed by atoms with Crippen LogP contribution in [0.4, 0.5) is 0 Å². The van der Waals surface area contributed by atoms with Gasteiger partial charge in [0.25, 0.3) is 5.91 Å². The normalized spacial score (nSPS) is 12.2. The predicted molar refractivity (Wildman–Crippen MR) is 96.4 cm³/mol. The molecule has 0 radical (unpaired) electrons. The molecule has 0 bridgehead atoms. The Morgan fingerprint density at radius 3 is 2.62 bits per heavy atom. The second-order valence-electron chi connectivity index (χ2n) is 6.48. The second kappa shape index (κ2) is 8.51. The number of carbonyl (C=O) groups is 2. The van der Waals surface area contributed by atoms with Crippen LogP contribution in [0.2, 0.25) is 0 Å². The van der Waals surface area contributed by atoms with Crippen LogP contribution in [0.15, 0.2) is 33.5 Å². The van der Waals surface area contributed by atoms with E-state index in [1.54, 1.807) is 18.2 Å². The zero-order chi connectivity index (χ0) is 19.3. The van der Waals surface area contributed by atoms with E-state index in [0.717, 1.165) is 10.9 Å². The summed E-state index contributed by atoms with van der Waals surface area (Å²) < 4.78 is 10.6. The molecular weight excluding hydrogens is 338 g/mol. The topological polar surface area (TPSA) is 106 Å². The highest BCUT2D eigenvalue weighted by Crippen LogP contribution is 2.23. The molecule has 0 aliphatic heterocycles. The SMILES string of the molecule is CCc1cc(=O)oc2cc(OCC(=O)NC(CC(C)C)C(=O)O)ccc12. The van der Waals surface area contributed by atoms with E-state index in [0.29, 0.717) is 24.2 Å². The molecule has 0 fully saturated rings. The maximum atomic E-state index is 12.0. The number of aryl methyl sites for hydroxylation is 1. The van der Waals surface area contributed by atoms with Crippen LogP contribution in [-0.4, -0.2) is 29.6 Å². The lowest BCUT2D eigenvalue weighted by molar-refractivity contribution is -0.142. The van der Waals surface area contributed by atoms with Crippen molar-refractivity contribution in [1.82, 2.24) is 5.32 Å². The Hall–Kier alpha value is -2.83. The van der Waals surface area contributed by atoms with Gasteiger partial charge in [0, 0.05) is 17.5 Å². The summed E-state index contributed by atoms with van der Waals surface area (Å²) in [6, 6.07) is 5.50. The third-order valence-electron chi connectivity index (χ3n) is 3.89. The highest BCUT2D eigenvalue weighted by atomic mass is 16.5. The fourth-order valence-electron chi connectivity index (χ4n) is 2.67. The first-order valence-electron chi connectivity index (χ1n) is 8.52. The molecule has 0 aliphatic carbocycles. The van der Waals surface area contributed by atoms with E-state index < -0.39 is 23.5 Å². The minimum Gasteiger partial charge on any atom is -0.484 e. The average molecular weight is 361 g/mol. The van der Waals surface area contributed by atoms with Gasteiger partial charge in [-0.1, -0.05) is 20.8 Å². The predicted octanol–water partition coefficient (Wildman–Crippen LogP) is 2.35. The van der Waals surface area contributed by atoms with Crippen molar-refractivity contribution < 1.29 is 23.8 Å². The van der Waals surface area contributed by atoms with Gasteiger partial charge in [0.2, 0.25) is 0 Å². The number of amides is 1. The number of fused-ring (bicyclic) bond motifs is 1. The molecule has 1 atom stereocenters. The van der Waals surface area contributed by atoms with Crippen molar-refractivity contribution >= 4 is 22.8 Å². The Balaban J connectivity index is 2.06. The minimum absolute atomic E-state index is 0.133. The Morgan fingerprint density at radius 1 is 1.27 bits per heavy atom. The maximum absolute atomic E-state index is 12.0. The first kappa shape index (κ1) is 19.5. The van der Waals surface area contributed by atoms with Gasteiger partial charge in [0.1, 0.15) is 17.4 Å². The van der Waals surface area contributed by atoms with Crippen LogP contribution in [-0.2, 0) is 16.0 Å². The summed E-state index contributed by atoms with van der Waals surface area (Å²) in [6.07, 6.45) is 1.03. The smallest absolute Gasteiger partial charge is 0.336 e. The van der Waals surface area contributed by atoms with Gasteiger partial charge in [-0.25, -0.2) is 9.59 Å². The number of hydrogen-bond acceptors (Lipinski definition) is 5. The van der Waals surface area contributed by atoms with Crippen molar-refractivity contribution in [3.63, 3.8) is 0 Å². The summed E-state index contributed by atoms with van der Waals surface area (Å²) in [5, 5.41) is 12.4. The van der Waals surface area contributed by atoms with Crippen molar-refractivity contribution in [3.8, 4) is 5.75 Å². The number of nitrogens with one attached hydrogen (secondary N) is 1. The summed E-state index contributed by atoms with van der Waals surface area (Å²) in [4.78, 5) is 34.7. The molecule has 1 aromatic heterocycles. The van der Waals surface area contributed by atoms with E-state index in [4.69, 9.17) is 14.3 Å². The van der Waals surface area contributed by atoms with Gasteiger partial charge in [-0.15, -0.1) is 0 Å². The van der Waals surface area contributed by atoms with Crippen LogP contribution in [0.5, 0.6) is 5.75 Å². The summed E-state index contributed by atoms with van der Waals surface area (Å²) in [5.41, 5.74) is 0.816. The molecule has 1 aromatic carbocycles. The van der Waals surface area contributed by atoms with E-state index in [9.17, 15) is 14.4 Å². The van der Waals surface area contributed by atoms with Crippen molar-refractivity contribution in [2.24, 2.45) is 5.92 Å². The van der Waals surface area contributed by atoms with Crippen LogP contribution in [0.25, 0.3) is 11.0 Å². The average Bonchev–Trinajstić information content (AvgIpc) is 2.57. The number of aliphatic carboxylic acids is 1. The minimum atomic E-state index is -1.08. The quantitative estimate of drug-likeness (QED) is 0.699. The molecule has 0 saturated carbocycles. The third-order valence-corrected chi connectivity index (χ3v) is 3.89. The molecular formula is C19H23NO6. The molecule has 0 aliphatic rings. The lowest BCUT2D eigenvalue weighted by Gasteiger charge is -2.16. The van der Waals surface area contributed by atoms with Gasteiger partial charge in [-0.05, 0) is 36.5 Å². The van der Waals surface area contributed by atoms with E-state index >= 15 is 0 Å². The Bertz CT molecular complexity index is 855. The van der Waals surface area contributed by atoms with Crippen LogP contribution in [0.3, 0.4) is 0 Å². The fourth-order valence-corrected chi connectivity index (χ4v) is 2.67. The molecule has 7 heteroatoms. The fraction of sp³-hybridized carbons (Fsp3) is 0.421. The molecule has 26 heavy (non-hydrogen) atoms. The number of rotatable bonds is 8. The largest absolute Gasteiger partial charge is 0.484 e. The Labute approximate surface area is 151 Å². The van der Waals surface area contributed by atoms with Crippen molar-refractivity contribution in [1.29, 1.82) is 0 Å². The highest BCUT2D eigenvalue weighted by molar-refractivity contribution is 5.85. The molecule has 1 heterocycles. The summed E-state index contributed by atoms with van der Waals surface area (Å²) in [5.74, 6) is -1.11. The zero-order valence-corrected chi connectivity index (χ0v) is 15.1. The molecule has 0 saturated heterocycles. The number of carboxylic acids is 1. The third kappa shape index (κ3) is 5.08. The van der Waals surface area contributed by atoms with Gasteiger partial charge < -0.3 is 19.6 Å². The van der Waals surface area contributed by atoms with Gasteiger partial charge in [0.05, 0.1) is 0 Å². The van der Waals surface area contributed by atoms with Crippen LogP contribution >= 0.6 is 0 Å². The summed E-state index contributed by atoms with van der Waals surface area (Å²) in [6.45, 7) is 5.38. The lowest BCUT2D eigenvalue weighted by Crippen LogP contribution is -2.43. The standard InChI is InChI=1S/C19H23NO6/c1-4-12-8-18(22)26-16-9-13(5-6-14(12)16)25-10-17(21)20-15(19(23)24)7-11(2)3/h5-6,8-9,11,15H,4,7,10H2,1-3H3,(H,20,21)(H,23,24). The maximum Gasteiger partial charge on any atom is 0.336 e. The van der Waals surface area contributed by atoms with Gasteiger partial charge in [0.15, 0.2) is 6.61 Å². The summed E-state index contributed by atoms with van der Waals surface area (Å²) in [7, 11) is 0. The number of carbonyl (C=O) groups excluding carboxylic acids is 1. The first-order valence-corrected chi connectivity index (χ1v) is 8.52. The second-order valence-corrected chi connectivity index (χ2v) is 6.48. The molecule has 7 nitrogen and oxygen atoms in total. The molecule has 0 spiro atoms. The number of benzene rings is 1. The number of ether oxygens (including phenoxy) is 1. The van der Waals surface area contributed by atoms with Crippen molar-refractivity contribution in [2.75, 3.05) is 6.61 Å². The van der Waals surface area contributed by atoms with Gasteiger partial charge >= 0.3 is 11.6 Å². The highest BCUT2D eigenvalue weighted by Gasteiger charge is 2.21. The Morgan fingerprint density at radius 2 is 2.00 bits per heavy atom. The van der Waals surface area contributed by atoms with Crippen molar-refractivity contribution in [2.45, 2.75) is 39.7 Å². The van der Waals surface area contributed by atoms with E-state index in [1.807, 2.05) is 20.8 Å². The van der Waals surface area contributed by atoms with Crippen LogP contribution in [0.1, 0.15) is 32.8 Å².